The van der Waals surface area contributed by atoms with Gasteiger partial charge in [-0.2, -0.15) is 0 Å². The Bertz CT molecular complexity index is 463. The van der Waals surface area contributed by atoms with E-state index in [1.807, 2.05) is 6.92 Å². The van der Waals surface area contributed by atoms with Gasteiger partial charge in [0.05, 0.1) is 5.69 Å². The van der Waals surface area contributed by atoms with Gasteiger partial charge in [0, 0.05) is 6.54 Å². The van der Waals surface area contributed by atoms with Crippen LogP contribution in [0.2, 0.25) is 0 Å². The smallest absolute Gasteiger partial charge is 0.219 e. The number of rotatable bonds is 1. The van der Waals surface area contributed by atoms with E-state index in [0.717, 1.165) is 30.8 Å². The standard InChI is InChI=1S/C12H16N4.C2H4/c1-8-5-9-3-4-15-7-10(9)6-11(8)16-12(13)14-2;1-2/h5-6,15H,2-4,7H2,1H3,(H2,13,16);1-2H2. The third-order valence-corrected chi connectivity index (χ3v) is 2.80. The van der Waals surface area contributed by atoms with Crippen molar-refractivity contribution < 1.29 is 0 Å². The fourth-order valence-corrected chi connectivity index (χ4v) is 1.92. The summed E-state index contributed by atoms with van der Waals surface area (Å²) < 4.78 is 0. The number of hydrogen-bond acceptors (Lipinski definition) is 2. The van der Waals surface area contributed by atoms with Gasteiger partial charge in [-0.1, -0.05) is 6.07 Å². The Balaban J connectivity index is 0.000000771. The molecular weight excluding hydrogens is 224 g/mol. The van der Waals surface area contributed by atoms with Crippen LogP contribution < -0.4 is 11.1 Å². The van der Waals surface area contributed by atoms with E-state index in [2.05, 4.69) is 47.3 Å². The second-order valence-electron chi connectivity index (χ2n) is 3.96. The zero-order valence-corrected chi connectivity index (χ0v) is 10.9. The van der Waals surface area contributed by atoms with Gasteiger partial charge in [0.1, 0.15) is 0 Å². The molecule has 0 saturated carbocycles. The molecule has 96 valence electrons. The first-order chi connectivity index (χ1) is 8.70. The molecule has 0 fully saturated rings. The first-order valence-corrected chi connectivity index (χ1v) is 5.84. The largest absolute Gasteiger partial charge is 0.368 e. The quantitative estimate of drug-likeness (QED) is 0.451. The van der Waals surface area contributed by atoms with Crippen LogP contribution in [-0.4, -0.2) is 19.2 Å². The highest BCUT2D eigenvalue weighted by Crippen LogP contribution is 2.25. The lowest BCUT2D eigenvalue weighted by atomic mass is 9.97. The summed E-state index contributed by atoms with van der Waals surface area (Å²) in [7, 11) is 0. The second-order valence-corrected chi connectivity index (χ2v) is 3.96. The van der Waals surface area contributed by atoms with E-state index in [1.54, 1.807) is 0 Å². The molecule has 0 spiro atoms. The highest BCUT2D eigenvalue weighted by Gasteiger charge is 2.10. The van der Waals surface area contributed by atoms with Crippen LogP contribution in [0.3, 0.4) is 0 Å². The first kappa shape index (κ1) is 14.1. The SMILES string of the molecule is C=C.C=NC(N)=Nc1cc2c(cc1C)CCNC2. The molecule has 0 unspecified atom stereocenters. The monoisotopic (exact) mass is 244 g/mol. The van der Waals surface area contributed by atoms with Gasteiger partial charge in [0.2, 0.25) is 5.96 Å². The van der Waals surface area contributed by atoms with Crippen molar-refractivity contribution in [3.63, 3.8) is 0 Å². The van der Waals surface area contributed by atoms with Crippen LogP contribution in [0.4, 0.5) is 5.69 Å². The summed E-state index contributed by atoms with van der Waals surface area (Å²) in [6.07, 6.45) is 1.08. The molecule has 1 aromatic carbocycles. The normalized spacial score (nSPS) is 14.2. The summed E-state index contributed by atoms with van der Waals surface area (Å²) in [6.45, 7) is 13.3. The molecule has 3 N–H and O–H groups in total. The third-order valence-electron chi connectivity index (χ3n) is 2.80. The van der Waals surface area contributed by atoms with Crippen LogP contribution in [0.1, 0.15) is 16.7 Å². The lowest BCUT2D eigenvalue weighted by Crippen LogP contribution is -2.23. The number of aryl methyl sites for hydroxylation is 1. The minimum Gasteiger partial charge on any atom is -0.368 e. The first-order valence-electron chi connectivity index (χ1n) is 5.84. The van der Waals surface area contributed by atoms with Gasteiger partial charge in [0.25, 0.3) is 0 Å². The number of hydrogen-bond donors (Lipinski definition) is 2. The molecule has 0 radical (unpaired) electrons. The Hall–Kier alpha value is -1.94. The minimum absolute atomic E-state index is 0.215. The number of nitrogens with one attached hydrogen (secondary N) is 1. The molecule has 18 heavy (non-hydrogen) atoms. The van der Waals surface area contributed by atoms with Crippen molar-refractivity contribution in [1.29, 1.82) is 0 Å². The maximum absolute atomic E-state index is 5.56. The van der Waals surface area contributed by atoms with Gasteiger partial charge in [-0.3, -0.25) is 0 Å². The molecule has 4 heteroatoms. The van der Waals surface area contributed by atoms with Crippen LogP contribution in [0.5, 0.6) is 0 Å². The van der Waals surface area contributed by atoms with Crippen molar-refractivity contribution in [1.82, 2.24) is 5.32 Å². The van der Waals surface area contributed by atoms with Crippen molar-refractivity contribution in [2.45, 2.75) is 19.9 Å². The minimum atomic E-state index is 0.215. The van der Waals surface area contributed by atoms with Crippen molar-refractivity contribution >= 4 is 18.4 Å². The van der Waals surface area contributed by atoms with E-state index in [-0.39, 0.29) is 5.96 Å². The van der Waals surface area contributed by atoms with Crippen LogP contribution in [0, 0.1) is 6.92 Å². The Morgan fingerprint density at radius 1 is 1.33 bits per heavy atom. The molecule has 0 aromatic heterocycles. The number of guanidine groups is 1. The highest BCUT2D eigenvalue weighted by molar-refractivity contribution is 5.85. The Kier molecular flexibility index (Phi) is 5.27. The van der Waals surface area contributed by atoms with E-state index >= 15 is 0 Å². The molecule has 0 atom stereocenters. The van der Waals surface area contributed by atoms with E-state index in [9.17, 15) is 0 Å². The van der Waals surface area contributed by atoms with E-state index in [0.29, 0.717) is 0 Å². The molecule has 0 bridgehead atoms. The topological polar surface area (TPSA) is 62.8 Å². The molecule has 4 nitrogen and oxygen atoms in total. The number of nitrogens with two attached hydrogens (primary N) is 1. The van der Waals surface area contributed by atoms with Gasteiger partial charge in [-0.25, -0.2) is 9.98 Å². The predicted octanol–water partition coefficient (Wildman–Crippen LogP) is 2.09. The summed E-state index contributed by atoms with van der Waals surface area (Å²) in [5.41, 5.74) is 10.3. The number of nitrogens with zero attached hydrogens (tertiary/aromatic N) is 2. The Labute approximate surface area is 108 Å². The van der Waals surface area contributed by atoms with Gasteiger partial charge in [-0.15, -0.1) is 13.2 Å². The summed E-state index contributed by atoms with van der Waals surface area (Å²) in [6, 6.07) is 4.26. The van der Waals surface area contributed by atoms with Crippen LogP contribution >= 0.6 is 0 Å². The van der Waals surface area contributed by atoms with Gasteiger partial charge >= 0.3 is 0 Å². The van der Waals surface area contributed by atoms with E-state index in [1.165, 1.54) is 11.1 Å². The molecule has 0 amide bonds. The van der Waals surface area contributed by atoms with E-state index < -0.39 is 0 Å². The lowest BCUT2D eigenvalue weighted by molar-refractivity contribution is 0.643. The van der Waals surface area contributed by atoms with Crippen molar-refractivity contribution in [2.24, 2.45) is 15.7 Å². The third kappa shape index (κ3) is 3.28. The van der Waals surface area contributed by atoms with Crippen LogP contribution in [0.15, 0.2) is 35.3 Å². The average molecular weight is 244 g/mol. The van der Waals surface area contributed by atoms with Crippen molar-refractivity contribution in [2.75, 3.05) is 6.54 Å². The summed E-state index contributed by atoms with van der Waals surface area (Å²) in [5, 5.41) is 3.34. The van der Waals surface area contributed by atoms with Gasteiger partial charge < -0.3 is 11.1 Å². The Morgan fingerprint density at radius 2 is 2.06 bits per heavy atom. The van der Waals surface area contributed by atoms with Gasteiger partial charge in [-0.05, 0) is 49.4 Å². The average Bonchev–Trinajstić information content (AvgIpc) is 2.41. The van der Waals surface area contributed by atoms with Crippen molar-refractivity contribution in [3.8, 4) is 0 Å². The summed E-state index contributed by atoms with van der Waals surface area (Å²) in [5.74, 6) is 0.215. The second kappa shape index (κ2) is 6.71. The van der Waals surface area contributed by atoms with Crippen LogP contribution in [-0.2, 0) is 13.0 Å². The number of benzene rings is 1. The summed E-state index contributed by atoms with van der Waals surface area (Å²) in [4.78, 5) is 7.82. The number of aliphatic imine (C=N–C) groups is 2. The predicted molar refractivity (Wildman–Crippen MR) is 78.7 cm³/mol. The molecule has 1 heterocycles. The van der Waals surface area contributed by atoms with E-state index in [4.69, 9.17) is 5.73 Å². The molecule has 0 saturated heterocycles. The molecule has 2 rings (SSSR count). The zero-order valence-electron chi connectivity index (χ0n) is 10.9. The Morgan fingerprint density at radius 3 is 2.72 bits per heavy atom. The fourth-order valence-electron chi connectivity index (χ4n) is 1.92. The highest BCUT2D eigenvalue weighted by atomic mass is 15.0. The molecule has 1 aromatic rings. The van der Waals surface area contributed by atoms with Crippen LogP contribution in [0.25, 0.3) is 0 Å². The number of fused-ring (bicyclic) bond motifs is 1. The zero-order chi connectivity index (χ0) is 13.5. The molecule has 1 aliphatic rings. The lowest BCUT2D eigenvalue weighted by Gasteiger charge is -2.18. The van der Waals surface area contributed by atoms with Crippen molar-refractivity contribution in [3.05, 3.63) is 42.0 Å². The maximum Gasteiger partial charge on any atom is 0.219 e. The molecule has 1 aliphatic heterocycles. The maximum atomic E-state index is 5.56. The molecule has 0 aliphatic carbocycles. The fraction of sp³-hybridized carbons (Fsp3) is 0.286. The van der Waals surface area contributed by atoms with Gasteiger partial charge in [0.15, 0.2) is 0 Å². The summed E-state index contributed by atoms with van der Waals surface area (Å²) >= 11 is 0. The molecular formula is C14H20N4.